The van der Waals surface area contributed by atoms with Crippen LogP contribution in [-0.2, 0) is 4.79 Å². The fourth-order valence-electron chi connectivity index (χ4n) is 2.23. The van der Waals surface area contributed by atoms with Gasteiger partial charge < -0.3 is 4.74 Å². The van der Waals surface area contributed by atoms with Crippen molar-refractivity contribution in [1.82, 2.24) is 0 Å². The Hall–Kier alpha value is -1.71. The van der Waals surface area contributed by atoms with Gasteiger partial charge in [-0.3, -0.25) is 4.79 Å². The molecule has 0 radical (unpaired) electrons. The number of aldehydes is 1. The highest BCUT2D eigenvalue weighted by Crippen LogP contribution is 2.37. The number of halogens is 2. The molecule has 0 spiro atoms. The summed E-state index contributed by atoms with van der Waals surface area (Å²) in [6.45, 7) is 9.27. The Morgan fingerprint density at radius 1 is 1.18 bits per heavy atom. The van der Waals surface area contributed by atoms with Crippen molar-refractivity contribution in [1.29, 1.82) is 0 Å². The van der Waals surface area contributed by atoms with E-state index < -0.39 is 13.0 Å². The van der Waals surface area contributed by atoms with Crippen LogP contribution >= 0.6 is 0 Å². The Morgan fingerprint density at radius 2 is 1.82 bits per heavy atom. The van der Waals surface area contributed by atoms with E-state index >= 15 is 0 Å². The van der Waals surface area contributed by atoms with E-state index in [9.17, 15) is 13.6 Å². The van der Waals surface area contributed by atoms with E-state index in [2.05, 4.69) is 13.8 Å². The zero-order valence-corrected chi connectivity index (χ0v) is 13.8. The third-order valence-electron chi connectivity index (χ3n) is 3.53. The van der Waals surface area contributed by atoms with Crippen molar-refractivity contribution in [3.63, 3.8) is 0 Å². The zero-order chi connectivity index (χ0) is 16.9. The van der Waals surface area contributed by atoms with E-state index in [0.29, 0.717) is 29.1 Å². The summed E-state index contributed by atoms with van der Waals surface area (Å²) >= 11 is 0. The summed E-state index contributed by atoms with van der Waals surface area (Å²) in [6, 6.07) is 3.93. The van der Waals surface area contributed by atoms with Gasteiger partial charge in [-0.25, -0.2) is 8.78 Å². The van der Waals surface area contributed by atoms with Gasteiger partial charge in [-0.1, -0.05) is 33.8 Å². The minimum absolute atomic E-state index is 0.133. The van der Waals surface area contributed by atoms with Crippen LogP contribution in [0.25, 0.3) is 5.57 Å². The average Bonchev–Trinajstić information content (AvgIpc) is 2.43. The fraction of sp³-hybridized carbons (Fsp3) is 0.500. The summed E-state index contributed by atoms with van der Waals surface area (Å²) in [7, 11) is 0. The van der Waals surface area contributed by atoms with Crippen LogP contribution < -0.4 is 4.74 Å². The SMILES string of the molecule is C/C(=C/C=O)c1cc(C(C)C)cc(C(C)C)c1OCC(F)F. The first-order valence-corrected chi connectivity index (χ1v) is 7.49. The third-order valence-corrected chi connectivity index (χ3v) is 3.53. The molecule has 1 aromatic rings. The highest BCUT2D eigenvalue weighted by Gasteiger charge is 2.18. The summed E-state index contributed by atoms with van der Waals surface area (Å²) in [5.74, 6) is 0.883. The van der Waals surface area contributed by atoms with Crippen molar-refractivity contribution in [3.8, 4) is 5.75 Å². The molecule has 0 aliphatic rings. The smallest absolute Gasteiger partial charge is 0.272 e. The van der Waals surface area contributed by atoms with Gasteiger partial charge in [-0.15, -0.1) is 0 Å². The van der Waals surface area contributed by atoms with Crippen LogP contribution in [0.1, 0.15) is 63.1 Å². The second kappa shape index (κ2) is 8.06. The maximum absolute atomic E-state index is 12.5. The number of ether oxygens (including phenoxy) is 1. The van der Waals surface area contributed by atoms with E-state index in [0.717, 1.165) is 11.1 Å². The van der Waals surface area contributed by atoms with Gasteiger partial charge in [0.2, 0.25) is 0 Å². The number of hydrogen-bond acceptors (Lipinski definition) is 2. The molecular weight excluding hydrogens is 286 g/mol. The minimum Gasteiger partial charge on any atom is -0.487 e. The van der Waals surface area contributed by atoms with Crippen molar-refractivity contribution < 1.29 is 18.3 Å². The van der Waals surface area contributed by atoms with Gasteiger partial charge in [-0.05, 0) is 47.6 Å². The lowest BCUT2D eigenvalue weighted by Gasteiger charge is -2.21. The molecule has 0 atom stereocenters. The van der Waals surface area contributed by atoms with Crippen LogP contribution in [0.4, 0.5) is 8.78 Å². The van der Waals surface area contributed by atoms with E-state index in [4.69, 9.17) is 4.74 Å². The molecule has 0 heterocycles. The highest BCUT2D eigenvalue weighted by molar-refractivity contribution is 5.83. The predicted octanol–water partition coefficient (Wildman–Crippen LogP) is 5.18. The number of hydrogen-bond donors (Lipinski definition) is 0. The van der Waals surface area contributed by atoms with Crippen LogP contribution in [-0.4, -0.2) is 19.3 Å². The number of rotatable bonds is 7. The first-order chi connectivity index (χ1) is 10.3. The molecule has 22 heavy (non-hydrogen) atoms. The molecule has 0 saturated heterocycles. The number of carbonyl (C=O) groups excluding carboxylic acids is 1. The Balaban J connectivity index is 3.51. The zero-order valence-electron chi connectivity index (χ0n) is 13.8. The molecule has 1 rings (SSSR count). The molecule has 0 aliphatic heterocycles. The monoisotopic (exact) mass is 310 g/mol. The van der Waals surface area contributed by atoms with Gasteiger partial charge in [0.05, 0.1) is 0 Å². The van der Waals surface area contributed by atoms with Gasteiger partial charge in [0.15, 0.2) is 0 Å². The highest BCUT2D eigenvalue weighted by atomic mass is 19.3. The average molecular weight is 310 g/mol. The molecule has 0 unspecified atom stereocenters. The molecule has 1 aromatic carbocycles. The van der Waals surface area contributed by atoms with E-state index in [1.165, 1.54) is 6.08 Å². The molecule has 0 aromatic heterocycles. The largest absolute Gasteiger partial charge is 0.487 e. The molecular formula is C18H24F2O2. The lowest BCUT2D eigenvalue weighted by molar-refractivity contribution is -0.104. The minimum atomic E-state index is -2.53. The van der Waals surface area contributed by atoms with E-state index in [1.54, 1.807) is 6.92 Å². The quantitative estimate of drug-likeness (QED) is 0.512. The summed E-state index contributed by atoms with van der Waals surface area (Å²) in [4.78, 5) is 10.8. The maximum atomic E-state index is 12.5. The normalized spacial score (nSPS) is 12.4. The Bertz CT molecular complexity index is 546. The third kappa shape index (κ3) is 4.65. The Morgan fingerprint density at radius 3 is 2.27 bits per heavy atom. The topological polar surface area (TPSA) is 26.3 Å². The van der Waals surface area contributed by atoms with Gasteiger partial charge in [-0.2, -0.15) is 0 Å². The van der Waals surface area contributed by atoms with Crippen LogP contribution in [0.2, 0.25) is 0 Å². The van der Waals surface area contributed by atoms with Crippen molar-refractivity contribution in [2.24, 2.45) is 0 Å². The molecule has 0 saturated carbocycles. The van der Waals surface area contributed by atoms with Crippen LogP contribution in [0, 0.1) is 0 Å². The van der Waals surface area contributed by atoms with Crippen molar-refractivity contribution in [3.05, 3.63) is 34.9 Å². The lowest BCUT2D eigenvalue weighted by Crippen LogP contribution is -2.11. The summed E-state index contributed by atoms with van der Waals surface area (Å²) < 4.78 is 30.5. The standard InChI is InChI=1S/C18H24F2O2/c1-11(2)14-8-15(12(3)4)18(22-10-17(19)20)16(9-14)13(5)6-7-21/h6-9,11-12,17H,10H2,1-5H3/b13-6-. The molecule has 0 bridgehead atoms. The first-order valence-electron chi connectivity index (χ1n) is 7.49. The lowest BCUT2D eigenvalue weighted by atomic mass is 9.89. The molecule has 0 aliphatic carbocycles. The van der Waals surface area contributed by atoms with Gasteiger partial charge in [0.1, 0.15) is 18.6 Å². The molecule has 2 nitrogen and oxygen atoms in total. The summed E-state index contributed by atoms with van der Waals surface area (Å²) in [5, 5.41) is 0. The number of allylic oxidation sites excluding steroid dienone is 2. The van der Waals surface area contributed by atoms with E-state index in [-0.39, 0.29) is 5.92 Å². The molecule has 0 N–H and O–H groups in total. The van der Waals surface area contributed by atoms with Crippen molar-refractivity contribution in [2.45, 2.75) is 52.9 Å². The van der Waals surface area contributed by atoms with Gasteiger partial charge in [0, 0.05) is 5.56 Å². The molecule has 122 valence electrons. The van der Waals surface area contributed by atoms with Crippen molar-refractivity contribution >= 4 is 11.9 Å². The van der Waals surface area contributed by atoms with Crippen LogP contribution in [0.5, 0.6) is 5.75 Å². The number of alkyl halides is 2. The Kier molecular flexibility index (Phi) is 6.72. The molecule has 0 fully saturated rings. The van der Waals surface area contributed by atoms with Gasteiger partial charge >= 0.3 is 0 Å². The predicted molar refractivity (Wildman–Crippen MR) is 85.8 cm³/mol. The number of carbonyl (C=O) groups is 1. The van der Waals surface area contributed by atoms with Gasteiger partial charge in [0.25, 0.3) is 6.43 Å². The Labute approximate surface area is 131 Å². The second-order valence-electron chi connectivity index (χ2n) is 5.98. The van der Waals surface area contributed by atoms with E-state index in [1.807, 2.05) is 26.0 Å². The summed E-state index contributed by atoms with van der Waals surface area (Å²) in [6.07, 6.45) is -0.407. The number of benzene rings is 1. The fourth-order valence-corrected chi connectivity index (χ4v) is 2.23. The maximum Gasteiger partial charge on any atom is 0.272 e. The first kappa shape index (κ1) is 18.3. The van der Waals surface area contributed by atoms with Crippen molar-refractivity contribution in [2.75, 3.05) is 6.61 Å². The van der Waals surface area contributed by atoms with Crippen LogP contribution in [0.15, 0.2) is 18.2 Å². The van der Waals surface area contributed by atoms with Crippen LogP contribution in [0.3, 0.4) is 0 Å². The summed E-state index contributed by atoms with van der Waals surface area (Å²) in [5.41, 5.74) is 3.41. The molecule has 4 heteroatoms. The second-order valence-corrected chi connectivity index (χ2v) is 5.98. The molecule has 0 amide bonds.